The summed E-state index contributed by atoms with van der Waals surface area (Å²) in [5, 5.41) is 5.14. The van der Waals surface area contributed by atoms with Crippen LogP contribution in [-0.2, 0) is 9.53 Å². The average Bonchev–Trinajstić information content (AvgIpc) is 2.38. The van der Waals surface area contributed by atoms with Gasteiger partial charge in [-0.15, -0.1) is 0 Å². The molecule has 1 aromatic rings. The van der Waals surface area contributed by atoms with Crippen molar-refractivity contribution in [1.82, 2.24) is 5.32 Å². The number of hydrogen-bond acceptors (Lipinski definition) is 4. The fourth-order valence-electron chi connectivity index (χ4n) is 1.40. The van der Waals surface area contributed by atoms with Crippen molar-refractivity contribution < 1.29 is 19.1 Å². The molecule has 18 heavy (non-hydrogen) atoms. The monoisotopic (exact) mass is 252 g/mol. The Hall–Kier alpha value is -2.08. The van der Waals surface area contributed by atoms with Crippen molar-refractivity contribution >= 4 is 17.5 Å². The van der Waals surface area contributed by atoms with Gasteiger partial charge >= 0.3 is 0 Å². The van der Waals surface area contributed by atoms with E-state index in [0.29, 0.717) is 17.0 Å². The lowest BCUT2D eigenvalue weighted by atomic mass is 10.1. The molecule has 1 rings (SSSR count). The topological polar surface area (TPSA) is 76.7 Å². The summed E-state index contributed by atoms with van der Waals surface area (Å²) in [5.41, 5.74) is 0.950. The van der Waals surface area contributed by atoms with Crippen molar-refractivity contribution in [3.05, 3.63) is 23.8 Å². The van der Waals surface area contributed by atoms with Crippen LogP contribution in [-0.4, -0.2) is 39.7 Å². The third-order valence-electron chi connectivity index (χ3n) is 2.24. The molecule has 0 atom stereocenters. The number of ether oxygens (including phenoxy) is 2. The Bertz CT molecular complexity index is 446. The number of carbonyl (C=O) groups excluding carboxylic acids is 2. The number of methoxy groups -OCH3 is 2. The molecule has 0 bridgehead atoms. The van der Waals surface area contributed by atoms with Crippen LogP contribution in [0.2, 0.25) is 0 Å². The van der Waals surface area contributed by atoms with E-state index >= 15 is 0 Å². The molecule has 2 N–H and O–H groups in total. The Balaban J connectivity index is 2.93. The van der Waals surface area contributed by atoms with Gasteiger partial charge in [-0.1, -0.05) is 0 Å². The predicted molar refractivity (Wildman–Crippen MR) is 66.9 cm³/mol. The normalized spacial score (nSPS) is 9.72. The highest BCUT2D eigenvalue weighted by atomic mass is 16.5. The average molecular weight is 252 g/mol. The Morgan fingerprint density at radius 2 is 2.00 bits per heavy atom. The number of hydrogen-bond donors (Lipinski definition) is 2. The number of nitrogens with one attached hydrogen (secondary N) is 2. The van der Waals surface area contributed by atoms with Crippen molar-refractivity contribution in [3.63, 3.8) is 0 Å². The van der Waals surface area contributed by atoms with E-state index in [4.69, 9.17) is 9.47 Å². The molecule has 0 aromatic heterocycles. The standard InChI is InChI=1S/C12H16N2O4/c1-13-12(16)8-4-5-9(10(6-8)18-3)14-11(15)7-17-2/h4-6H,7H2,1-3H3,(H,13,16)(H,14,15). The lowest BCUT2D eigenvalue weighted by molar-refractivity contribution is -0.119. The predicted octanol–water partition coefficient (Wildman–Crippen LogP) is 0.640. The quantitative estimate of drug-likeness (QED) is 0.806. The van der Waals surface area contributed by atoms with E-state index in [2.05, 4.69) is 10.6 Å². The highest BCUT2D eigenvalue weighted by Crippen LogP contribution is 2.25. The van der Waals surface area contributed by atoms with Gasteiger partial charge in [-0.2, -0.15) is 0 Å². The van der Waals surface area contributed by atoms with Gasteiger partial charge in [0.05, 0.1) is 12.8 Å². The maximum absolute atomic E-state index is 11.4. The van der Waals surface area contributed by atoms with Crippen LogP contribution >= 0.6 is 0 Å². The minimum atomic E-state index is -0.288. The van der Waals surface area contributed by atoms with E-state index in [0.717, 1.165) is 0 Å². The van der Waals surface area contributed by atoms with Crippen LogP contribution in [0.3, 0.4) is 0 Å². The van der Waals surface area contributed by atoms with Crippen LogP contribution in [0, 0.1) is 0 Å². The van der Waals surface area contributed by atoms with Crippen LogP contribution in [0.4, 0.5) is 5.69 Å². The number of amides is 2. The second-order valence-electron chi connectivity index (χ2n) is 3.48. The first-order chi connectivity index (χ1) is 8.62. The Morgan fingerprint density at radius 1 is 1.28 bits per heavy atom. The fraction of sp³-hybridized carbons (Fsp3) is 0.333. The molecule has 0 heterocycles. The fourth-order valence-corrected chi connectivity index (χ4v) is 1.40. The van der Waals surface area contributed by atoms with Gasteiger partial charge in [-0.3, -0.25) is 9.59 Å². The van der Waals surface area contributed by atoms with Crippen LogP contribution in [0.25, 0.3) is 0 Å². The number of anilines is 1. The van der Waals surface area contributed by atoms with Crippen LogP contribution in [0.5, 0.6) is 5.75 Å². The molecule has 0 aliphatic carbocycles. The maximum Gasteiger partial charge on any atom is 0.251 e. The SMILES string of the molecule is CNC(=O)c1ccc(NC(=O)COC)c(OC)c1. The van der Waals surface area contributed by atoms with E-state index < -0.39 is 0 Å². The minimum Gasteiger partial charge on any atom is -0.495 e. The molecule has 98 valence electrons. The molecule has 0 unspecified atom stereocenters. The van der Waals surface area contributed by atoms with E-state index in [9.17, 15) is 9.59 Å². The van der Waals surface area contributed by atoms with Gasteiger partial charge in [0.2, 0.25) is 5.91 Å². The summed E-state index contributed by atoms with van der Waals surface area (Å²) in [6.45, 7) is -0.0413. The van der Waals surface area contributed by atoms with Crippen molar-refractivity contribution in [2.24, 2.45) is 0 Å². The van der Waals surface area contributed by atoms with Gasteiger partial charge in [-0.05, 0) is 18.2 Å². The molecule has 1 aromatic carbocycles. The molecule has 0 radical (unpaired) electrons. The molecular weight excluding hydrogens is 236 g/mol. The van der Waals surface area contributed by atoms with E-state index in [1.165, 1.54) is 14.2 Å². The number of rotatable bonds is 5. The van der Waals surface area contributed by atoms with Crippen LogP contribution in [0.15, 0.2) is 18.2 Å². The summed E-state index contributed by atoms with van der Waals surface area (Å²) < 4.78 is 9.84. The first kappa shape index (κ1) is 14.0. The summed E-state index contributed by atoms with van der Waals surface area (Å²) in [6.07, 6.45) is 0. The van der Waals surface area contributed by atoms with Gasteiger partial charge in [0.15, 0.2) is 0 Å². The molecule has 6 heteroatoms. The molecule has 0 aliphatic heterocycles. The largest absolute Gasteiger partial charge is 0.495 e. The highest BCUT2D eigenvalue weighted by Gasteiger charge is 2.11. The zero-order chi connectivity index (χ0) is 13.5. The molecule has 0 saturated carbocycles. The molecule has 6 nitrogen and oxygen atoms in total. The first-order valence-corrected chi connectivity index (χ1v) is 5.31. The second kappa shape index (κ2) is 6.61. The Morgan fingerprint density at radius 3 is 2.56 bits per heavy atom. The Labute approximate surface area is 105 Å². The third-order valence-corrected chi connectivity index (χ3v) is 2.24. The van der Waals surface area contributed by atoms with E-state index in [1.54, 1.807) is 25.2 Å². The molecule has 0 fully saturated rings. The number of carbonyl (C=O) groups is 2. The highest BCUT2D eigenvalue weighted by molar-refractivity contribution is 5.97. The van der Waals surface area contributed by atoms with Crippen molar-refractivity contribution in [2.75, 3.05) is 33.2 Å². The van der Waals surface area contributed by atoms with E-state index in [1.807, 2.05) is 0 Å². The van der Waals surface area contributed by atoms with Crippen LogP contribution < -0.4 is 15.4 Å². The number of benzene rings is 1. The van der Waals surface area contributed by atoms with Crippen molar-refractivity contribution in [2.45, 2.75) is 0 Å². The maximum atomic E-state index is 11.4. The molecule has 0 spiro atoms. The van der Waals surface area contributed by atoms with Gasteiger partial charge in [0, 0.05) is 19.7 Å². The summed E-state index contributed by atoms with van der Waals surface area (Å²) in [6, 6.07) is 4.77. The molecule has 0 saturated heterocycles. The smallest absolute Gasteiger partial charge is 0.251 e. The van der Waals surface area contributed by atoms with Gasteiger partial charge < -0.3 is 20.1 Å². The minimum absolute atomic E-state index is 0.0413. The van der Waals surface area contributed by atoms with Gasteiger partial charge in [0.25, 0.3) is 5.91 Å². The van der Waals surface area contributed by atoms with Crippen molar-refractivity contribution in [3.8, 4) is 5.75 Å². The zero-order valence-corrected chi connectivity index (χ0v) is 10.6. The molecule has 2 amide bonds. The molecular formula is C12H16N2O4. The lowest BCUT2D eigenvalue weighted by Crippen LogP contribution is -2.19. The molecule has 0 aliphatic rings. The van der Waals surface area contributed by atoms with Crippen molar-refractivity contribution in [1.29, 1.82) is 0 Å². The Kier molecular flexibility index (Phi) is 5.13. The second-order valence-corrected chi connectivity index (χ2v) is 3.48. The van der Waals surface area contributed by atoms with Crippen LogP contribution in [0.1, 0.15) is 10.4 Å². The zero-order valence-electron chi connectivity index (χ0n) is 10.6. The summed E-state index contributed by atoms with van der Waals surface area (Å²) in [7, 11) is 4.45. The van der Waals surface area contributed by atoms with Gasteiger partial charge in [0.1, 0.15) is 12.4 Å². The third kappa shape index (κ3) is 3.46. The summed E-state index contributed by atoms with van der Waals surface area (Å²) in [4.78, 5) is 22.8. The first-order valence-electron chi connectivity index (χ1n) is 5.31. The van der Waals surface area contributed by atoms with Gasteiger partial charge in [-0.25, -0.2) is 0 Å². The summed E-state index contributed by atoms with van der Waals surface area (Å²) >= 11 is 0. The van der Waals surface area contributed by atoms with E-state index in [-0.39, 0.29) is 18.4 Å². The summed E-state index contributed by atoms with van der Waals surface area (Å²) in [5.74, 6) is -0.0906. The lowest BCUT2D eigenvalue weighted by Gasteiger charge is -2.11.